The Morgan fingerprint density at radius 2 is 1.62 bits per heavy atom. The van der Waals surface area contributed by atoms with Crippen molar-refractivity contribution >= 4 is 44.6 Å². The molecule has 0 aliphatic carbocycles. The molecule has 0 bridgehead atoms. The summed E-state index contributed by atoms with van der Waals surface area (Å²) in [4.78, 5) is 31.1. The molecule has 0 aliphatic heterocycles. The summed E-state index contributed by atoms with van der Waals surface area (Å²) in [6, 6.07) is 25.2. The zero-order chi connectivity index (χ0) is 32.6. The second-order valence-electron chi connectivity index (χ2n) is 11.2. The quantitative estimate of drug-likeness (QED) is 0.169. The average Bonchev–Trinajstić information content (AvgIpc) is 3.57. The number of sulfonamides is 1. The number of amides is 1. The average molecular weight is 663 g/mol. The summed E-state index contributed by atoms with van der Waals surface area (Å²) < 4.78 is 31.9. The van der Waals surface area contributed by atoms with Gasteiger partial charge in [0.2, 0.25) is 0 Å². The fourth-order valence-electron chi connectivity index (χ4n) is 5.17. The highest BCUT2D eigenvalue weighted by Crippen LogP contribution is 2.31. The summed E-state index contributed by atoms with van der Waals surface area (Å²) in [5.41, 5.74) is 2.96. The Hall–Kier alpha value is -4.12. The number of carbonyl (C=O) groups is 1. The van der Waals surface area contributed by atoms with Gasteiger partial charge >= 0.3 is 0 Å². The number of aromatic nitrogens is 2. The molecule has 3 aromatic carbocycles. The molecule has 5 rings (SSSR count). The van der Waals surface area contributed by atoms with Gasteiger partial charge in [0.15, 0.2) is 0 Å². The monoisotopic (exact) mass is 662 g/mol. The van der Waals surface area contributed by atoms with Crippen LogP contribution in [0.2, 0.25) is 5.02 Å². The molecule has 11 heteroatoms. The van der Waals surface area contributed by atoms with E-state index < -0.39 is 15.6 Å². The second-order valence-corrected chi connectivity index (χ2v) is 14.7. The molecule has 5 aromatic rings. The van der Waals surface area contributed by atoms with Crippen molar-refractivity contribution < 1.29 is 13.2 Å². The minimum atomic E-state index is -4.25. The number of halogens is 1. The van der Waals surface area contributed by atoms with E-state index in [0.29, 0.717) is 17.9 Å². The van der Waals surface area contributed by atoms with E-state index >= 15 is 0 Å². The molecule has 45 heavy (non-hydrogen) atoms. The lowest BCUT2D eigenvalue weighted by molar-refractivity contribution is 0.0692. The molecule has 8 nitrogen and oxygen atoms in total. The molecule has 0 radical (unpaired) electrons. The predicted molar refractivity (Wildman–Crippen MR) is 182 cm³/mol. The molecular formula is C34H35ClN4O4S2. The Bertz CT molecular complexity index is 2030. The van der Waals surface area contributed by atoms with Crippen LogP contribution in [0.25, 0.3) is 16.1 Å². The van der Waals surface area contributed by atoms with E-state index in [1.54, 1.807) is 59.2 Å². The molecule has 0 saturated carbocycles. The van der Waals surface area contributed by atoms with E-state index in [9.17, 15) is 18.0 Å². The predicted octanol–water partition coefficient (Wildman–Crippen LogP) is 7.05. The number of rotatable bonds is 9. The van der Waals surface area contributed by atoms with Crippen LogP contribution in [0.4, 0.5) is 5.69 Å². The van der Waals surface area contributed by atoms with Crippen molar-refractivity contribution in [1.82, 2.24) is 14.3 Å². The summed E-state index contributed by atoms with van der Waals surface area (Å²) in [5, 5.41) is 0.140. The molecule has 0 fully saturated rings. The highest BCUT2D eigenvalue weighted by atomic mass is 35.5. The number of hydrogen-bond acceptors (Lipinski definition) is 5. The van der Waals surface area contributed by atoms with Gasteiger partial charge in [-0.25, -0.2) is 13.1 Å². The molecule has 0 saturated heterocycles. The lowest BCUT2D eigenvalue weighted by atomic mass is 10.1. The van der Waals surface area contributed by atoms with Crippen LogP contribution in [0.15, 0.2) is 94.6 Å². The summed E-state index contributed by atoms with van der Waals surface area (Å²) in [7, 11) is -1.21. The van der Waals surface area contributed by atoms with Crippen LogP contribution in [0.3, 0.4) is 0 Å². The number of thiophene rings is 1. The van der Waals surface area contributed by atoms with E-state index in [4.69, 9.17) is 11.6 Å². The summed E-state index contributed by atoms with van der Waals surface area (Å²) in [5.74, 6) is -0.387. The van der Waals surface area contributed by atoms with Gasteiger partial charge in [-0.05, 0) is 75.7 Å². The van der Waals surface area contributed by atoms with Crippen LogP contribution in [0.1, 0.15) is 40.3 Å². The number of aryl methyl sites for hydroxylation is 1. The SMILES string of the molecule is Cc1ccc(-c2ccc(CN(C(=O)c3cc(S(=O)(=O)N(C)c4c(C)n(C)n(-c5ccccc5)c4=O)ccc3Cl)C(C)C)s2)cc1. The van der Waals surface area contributed by atoms with E-state index in [0.717, 1.165) is 19.6 Å². The van der Waals surface area contributed by atoms with Crippen molar-refractivity contribution in [3.8, 4) is 16.1 Å². The van der Waals surface area contributed by atoms with Gasteiger partial charge in [0.25, 0.3) is 21.5 Å². The van der Waals surface area contributed by atoms with Crippen LogP contribution in [-0.2, 0) is 23.6 Å². The summed E-state index contributed by atoms with van der Waals surface area (Å²) >= 11 is 8.12. The van der Waals surface area contributed by atoms with Gasteiger partial charge in [0.05, 0.1) is 33.4 Å². The number of hydrogen-bond donors (Lipinski definition) is 0. The Labute approximate surface area is 272 Å². The van der Waals surface area contributed by atoms with Crippen LogP contribution >= 0.6 is 22.9 Å². The van der Waals surface area contributed by atoms with Gasteiger partial charge in [-0.1, -0.05) is 59.6 Å². The fraction of sp³-hybridized carbons (Fsp3) is 0.235. The maximum Gasteiger partial charge on any atom is 0.296 e. The minimum Gasteiger partial charge on any atom is -0.331 e. The molecule has 2 heterocycles. The second kappa shape index (κ2) is 12.7. The zero-order valence-corrected chi connectivity index (χ0v) is 28.4. The number of nitrogens with zero attached hydrogens (tertiary/aromatic N) is 4. The zero-order valence-electron chi connectivity index (χ0n) is 26.0. The highest BCUT2D eigenvalue weighted by Gasteiger charge is 2.31. The largest absolute Gasteiger partial charge is 0.331 e. The maximum atomic E-state index is 13.9. The van der Waals surface area contributed by atoms with Gasteiger partial charge in [-0.15, -0.1) is 11.3 Å². The fourth-order valence-corrected chi connectivity index (χ4v) is 7.66. The Balaban J connectivity index is 1.46. The minimum absolute atomic E-state index is 0.00932. The van der Waals surface area contributed by atoms with E-state index in [1.807, 2.05) is 39.0 Å². The van der Waals surface area contributed by atoms with Crippen LogP contribution in [0.5, 0.6) is 0 Å². The normalized spacial score (nSPS) is 11.6. The Morgan fingerprint density at radius 3 is 2.27 bits per heavy atom. The molecule has 0 unspecified atom stereocenters. The van der Waals surface area contributed by atoms with Crippen LogP contribution < -0.4 is 9.86 Å². The van der Waals surface area contributed by atoms with Crippen molar-refractivity contribution in [3.05, 3.63) is 122 Å². The van der Waals surface area contributed by atoms with Crippen molar-refractivity contribution in [2.24, 2.45) is 7.05 Å². The molecule has 0 N–H and O–H groups in total. The first kappa shape index (κ1) is 32.3. The third-order valence-corrected chi connectivity index (χ3v) is 11.1. The lowest BCUT2D eigenvalue weighted by Gasteiger charge is -2.27. The molecule has 2 aromatic heterocycles. The Morgan fingerprint density at radius 1 is 0.956 bits per heavy atom. The first-order chi connectivity index (χ1) is 21.3. The number of anilines is 1. The molecular weight excluding hydrogens is 628 g/mol. The third-order valence-electron chi connectivity index (χ3n) is 7.87. The Kier molecular flexibility index (Phi) is 9.11. The summed E-state index contributed by atoms with van der Waals surface area (Å²) in [6.45, 7) is 7.88. The van der Waals surface area contributed by atoms with Crippen LogP contribution in [0, 0.1) is 13.8 Å². The van der Waals surface area contributed by atoms with Crippen molar-refractivity contribution in [2.45, 2.75) is 45.2 Å². The maximum absolute atomic E-state index is 13.9. The van der Waals surface area contributed by atoms with Gasteiger partial charge in [-0.3, -0.25) is 18.6 Å². The van der Waals surface area contributed by atoms with Gasteiger partial charge in [-0.2, -0.15) is 0 Å². The van der Waals surface area contributed by atoms with Crippen molar-refractivity contribution in [2.75, 3.05) is 11.4 Å². The molecule has 0 atom stereocenters. The molecule has 1 amide bonds. The summed E-state index contributed by atoms with van der Waals surface area (Å²) in [6.07, 6.45) is 0. The van der Waals surface area contributed by atoms with Crippen molar-refractivity contribution in [1.29, 1.82) is 0 Å². The third kappa shape index (κ3) is 6.22. The number of benzene rings is 3. The van der Waals surface area contributed by atoms with Crippen molar-refractivity contribution in [3.63, 3.8) is 0 Å². The van der Waals surface area contributed by atoms with E-state index in [2.05, 4.69) is 24.3 Å². The molecule has 0 spiro atoms. The highest BCUT2D eigenvalue weighted by molar-refractivity contribution is 7.92. The van der Waals surface area contributed by atoms with E-state index in [-0.39, 0.29) is 33.1 Å². The molecule has 234 valence electrons. The number of para-hydroxylation sites is 1. The number of carbonyl (C=O) groups excluding carboxylic acids is 1. The first-order valence-corrected chi connectivity index (χ1v) is 17.0. The van der Waals surface area contributed by atoms with E-state index in [1.165, 1.54) is 35.5 Å². The lowest BCUT2D eigenvalue weighted by Crippen LogP contribution is -2.36. The topological polar surface area (TPSA) is 84.6 Å². The van der Waals surface area contributed by atoms with Gasteiger partial charge < -0.3 is 4.90 Å². The standard InChI is InChI=1S/C34H35ClN4O4S2/c1-22(2)38(21-27-16-19-31(44-27)25-14-12-23(3)13-15-25)33(40)29-20-28(17-18-30(29)35)45(42,43)37(6)32-24(4)36(5)39(34(32)41)26-10-8-7-9-11-26/h7-20,22H,21H2,1-6H3. The molecule has 0 aliphatic rings. The van der Waals surface area contributed by atoms with Gasteiger partial charge in [0, 0.05) is 29.9 Å². The van der Waals surface area contributed by atoms with Crippen LogP contribution in [-0.4, -0.2) is 41.7 Å². The smallest absolute Gasteiger partial charge is 0.296 e. The van der Waals surface area contributed by atoms with Gasteiger partial charge in [0.1, 0.15) is 5.69 Å². The first-order valence-electron chi connectivity index (χ1n) is 14.4.